The molecule has 1 N–H and O–H groups in total. The Labute approximate surface area is 204 Å². The summed E-state index contributed by atoms with van der Waals surface area (Å²) in [4.78, 5) is 30.6. The predicted octanol–water partition coefficient (Wildman–Crippen LogP) is 3.21. The number of rotatable bonds is 6. The highest BCUT2D eigenvalue weighted by Crippen LogP contribution is 2.27. The molecule has 13 heteroatoms. The molecule has 9 nitrogen and oxygen atoms in total. The summed E-state index contributed by atoms with van der Waals surface area (Å²) in [6.07, 6.45) is 1.75. The number of imidazole rings is 1. The smallest absolute Gasteiger partial charge is 0.387 e. The third-order valence-electron chi connectivity index (χ3n) is 6.22. The number of alkyl halides is 2. The molecular weight excluding hydrogens is 501 g/mol. The van der Waals surface area contributed by atoms with E-state index in [1.165, 1.54) is 16.8 Å². The SMILES string of the molecule is CC(C)n1c(=O)n(-c2cc(OC(F)F)ccc2F)c2ncc(C(=O)NC3(C)CCS(=O)(=O)CC3)cc21. The van der Waals surface area contributed by atoms with Crippen molar-refractivity contribution in [3.63, 3.8) is 0 Å². The molecule has 36 heavy (non-hydrogen) atoms. The van der Waals surface area contributed by atoms with Crippen LogP contribution in [0.1, 0.15) is 50.0 Å². The third kappa shape index (κ3) is 4.97. The van der Waals surface area contributed by atoms with Gasteiger partial charge in [-0.15, -0.1) is 0 Å². The monoisotopic (exact) mass is 526 g/mol. The van der Waals surface area contributed by atoms with E-state index in [0.717, 1.165) is 22.8 Å². The zero-order valence-corrected chi connectivity index (χ0v) is 20.6. The number of pyridine rings is 1. The highest BCUT2D eigenvalue weighted by atomic mass is 32.2. The summed E-state index contributed by atoms with van der Waals surface area (Å²) in [6.45, 7) is 2.06. The van der Waals surface area contributed by atoms with E-state index in [2.05, 4.69) is 15.0 Å². The Morgan fingerprint density at radius 1 is 1.19 bits per heavy atom. The minimum Gasteiger partial charge on any atom is -0.435 e. The topological polar surface area (TPSA) is 112 Å². The molecule has 3 aromatic rings. The van der Waals surface area contributed by atoms with Gasteiger partial charge in [-0.1, -0.05) is 0 Å². The molecule has 1 aliphatic heterocycles. The maximum atomic E-state index is 14.7. The molecule has 194 valence electrons. The molecule has 0 atom stereocenters. The fourth-order valence-electron chi connectivity index (χ4n) is 4.24. The molecule has 1 amide bonds. The van der Waals surface area contributed by atoms with Crippen molar-refractivity contribution in [2.45, 2.75) is 51.8 Å². The number of carbonyl (C=O) groups excluding carboxylic acids is 1. The van der Waals surface area contributed by atoms with Crippen LogP contribution in [0.2, 0.25) is 0 Å². The lowest BCUT2D eigenvalue weighted by atomic mass is 9.94. The number of halogens is 3. The molecule has 1 saturated heterocycles. The van der Waals surface area contributed by atoms with Crippen LogP contribution in [-0.4, -0.2) is 52.1 Å². The van der Waals surface area contributed by atoms with Crippen LogP contribution in [0.5, 0.6) is 5.75 Å². The molecule has 4 rings (SSSR count). The molecule has 2 aromatic heterocycles. The highest BCUT2D eigenvalue weighted by Gasteiger charge is 2.35. The number of hydrogen-bond acceptors (Lipinski definition) is 6. The van der Waals surface area contributed by atoms with Gasteiger partial charge in [0, 0.05) is 23.8 Å². The quantitative estimate of drug-likeness (QED) is 0.528. The molecule has 0 unspecified atom stereocenters. The Morgan fingerprint density at radius 3 is 2.47 bits per heavy atom. The number of hydrogen-bond donors (Lipinski definition) is 1. The van der Waals surface area contributed by atoms with Gasteiger partial charge >= 0.3 is 12.3 Å². The minimum atomic E-state index is -3.14. The number of ether oxygens (including phenoxy) is 1. The summed E-state index contributed by atoms with van der Waals surface area (Å²) >= 11 is 0. The Hall–Kier alpha value is -3.35. The molecule has 0 radical (unpaired) electrons. The van der Waals surface area contributed by atoms with Gasteiger partial charge in [0.2, 0.25) is 0 Å². The summed E-state index contributed by atoms with van der Waals surface area (Å²) in [7, 11) is -3.13. The molecule has 0 spiro atoms. The Balaban J connectivity index is 1.77. The molecule has 1 aliphatic rings. The first-order valence-corrected chi connectivity index (χ1v) is 13.0. The standard InChI is InChI=1S/C23H25F3N4O5S/c1-13(2)29-18-10-14(20(31)28-23(3)6-8-36(33,34)9-7-23)12-27-19(18)30(22(29)32)17-11-15(35-21(25)26)4-5-16(17)24/h4-5,10-13,21H,6-9H2,1-3H3,(H,28,31). The number of carbonyl (C=O) groups is 1. The number of fused-ring (bicyclic) bond motifs is 1. The van der Waals surface area contributed by atoms with E-state index in [-0.39, 0.29) is 52.5 Å². The van der Waals surface area contributed by atoms with Crippen molar-refractivity contribution in [2.75, 3.05) is 11.5 Å². The molecule has 0 aliphatic carbocycles. The second-order valence-corrected chi connectivity index (χ2v) is 11.6. The average Bonchev–Trinajstić information content (AvgIpc) is 3.08. The number of nitrogens with one attached hydrogen (secondary N) is 1. The van der Waals surface area contributed by atoms with E-state index >= 15 is 0 Å². The predicted molar refractivity (Wildman–Crippen MR) is 126 cm³/mol. The molecule has 3 heterocycles. The van der Waals surface area contributed by atoms with Gasteiger partial charge in [-0.25, -0.2) is 27.2 Å². The highest BCUT2D eigenvalue weighted by molar-refractivity contribution is 7.91. The van der Waals surface area contributed by atoms with Crippen LogP contribution in [0, 0.1) is 5.82 Å². The van der Waals surface area contributed by atoms with Gasteiger partial charge in [0.15, 0.2) is 5.65 Å². The van der Waals surface area contributed by atoms with E-state index in [9.17, 15) is 31.2 Å². The minimum absolute atomic E-state index is 0.0216. The van der Waals surface area contributed by atoms with Crippen LogP contribution in [0.25, 0.3) is 16.9 Å². The van der Waals surface area contributed by atoms with Crippen molar-refractivity contribution < 1.29 is 31.1 Å². The molecule has 0 saturated carbocycles. The van der Waals surface area contributed by atoms with Crippen molar-refractivity contribution >= 4 is 26.9 Å². The zero-order chi connectivity index (χ0) is 26.4. The third-order valence-corrected chi connectivity index (χ3v) is 7.88. The second-order valence-electron chi connectivity index (χ2n) is 9.31. The summed E-state index contributed by atoms with van der Waals surface area (Å²) in [5.41, 5.74) is -1.35. The summed E-state index contributed by atoms with van der Waals surface area (Å²) in [5.74, 6) is -1.75. The normalized spacial score (nSPS) is 17.0. The fraction of sp³-hybridized carbons (Fsp3) is 0.435. The van der Waals surface area contributed by atoms with Gasteiger partial charge in [0.05, 0.1) is 28.3 Å². The van der Waals surface area contributed by atoms with Gasteiger partial charge in [0.1, 0.15) is 21.4 Å². The molecule has 1 fully saturated rings. The van der Waals surface area contributed by atoms with Gasteiger partial charge in [-0.2, -0.15) is 8.78 Å². The van der Waals surface area contributed by atoms with Crippen molar-refractivity contribution in [2.24, 2.45) is 0 Å². The maximum absolute atomic E-state index is 14.7. The van der Waals surface area contributed by atoms with E-state index in [0.29, 0.717) is 0 Å². The van der Waals surface area contributed by atoms with E-state index < -0.39 is 45.4 Å². The van der Waals surface area contributed by atoms with Crippen molar-refractivity contribution in [1.82, 2.24) is 19.4 Å². The van der Waals surface area contributed by atoms with Crippen LogP contribution in [0.15, 0.2) is 35.3 Å². The summed E-state index contributed by atoms with van der Waals surface area (Å²) in [6, 6.07) is 3.93. The van der Waals surface area contributed by atoms with E-state index in [4.69, 9.17) is 0 Å². The maximum Gasteiger partial charge on any atom is 0.387 e. The van der Waals surface area contributed by atoms with Crippen molar-refractivity contribution in [3.05, 3.63) is 52.3 Å². The first kappa shape index (κ1) is 25.7. The number of amides is 1. The lowest BCUT2D eigenvalue weighted by Gasteiger charge is -2.34. The zero-order valence-electron chi connectivity index (χ0n) is 19.8. The van der Waals surface area contributed by atoms with Crippen LogP contribution in [-0.2, 0) is 9.84 Å². The van der Waals surface area contributed by atoms with Crippen LogP contribution >= 0.6 is 0 Å². The number of nitrogens with zero attached hydrogens (tertiary/aromatic N) is 3. The molecule has 0 bridgehead atoms. The first-order valence-electron chi connectivity index (χ1n) is 11.2. The number of benzene rings is 1. The average molecular weight is 527 g/mol. The lowest BCUT2D eigenvalue weighted by Crippen LogP contribution is -2.50. The van der Waals surface area contributed by atoms with Crippen LogP contribution in [0.4, 0.5) is 13.2 Å². The van der Waals surface area contributed by atoms with Gasteiger partial charge in [-0.3, -0.25) is 9.36 Å². The Bertz CT molecular complexity index is 1480. The number of aromatic nitrogens is 3. The summed E-state index contributed by atoms with van der Waals surface area (Å²) < 4.78 is 70.2. The van der Waals surface area contributed by atoms with Gasteiger partial charge in [-0.05, 0) is 51.8 Å². The fourth-order valence-corrected chi connectivity index (χ4v) is 5.96. The van der Waals surface area contributed by atoms with Gasteiger partial charge < -0.3 is 10.1 Å². The lowest BCUT2D eigenvalue weighted by molar-refractivity contribution is -0.0498. The van der Waals surface area contributed by atoms with Crippen LogP contribution in [0.3, 0.4) is 0 Å². The van der Waals surface area contributed by atoms with E-state index in [1.54, 1.807) is 20.8 Å². The number of sulfone groups is 1. The Morgan fingerprint density at radius 2 is 1.86 bits per heavy atom. The Kier molecular flexibility index (Phi) is 6.62. The molecule has 1 aromatic carbocycles. The van der Waals surface area contributed by atoms with Crippen LogP contribution < -0.4 is 15.7 Å². The largest absolute Gasteiger partial charge is 0.435 e. The first-order chi connectivity index (χ1) is 16.8. The van der Waals surface area contributed by atoms with Gasteiger partial charge in [0.25, 0.3) is 5.91 Å². The second kappa shape index (κ2) is 9.26. The van der Waals surface area contributed by atoms with E-state index in [1.807, 2.05) is 0 Å². The summed E-state index contributed by atoms with van der Waals surface area (Å²) in [5, 5.41) is 2.87. The van der Waals surface area contributed by atoms with Crippen molar-refractivity contribution in [3.8, 4) is 11.4 Å². The molecular formula is C23H25F3N4O5S. The van der Waals surface area contributed by atoms with Crippen molar-refractivity contribution in [1.29, 1.82) is 0 Å².